The zero-order valence-electron chi connectivity index (χ0n) is 8.25. The molecule has 0 radical (unpaired) electrons. The van der Waals surface area contributed by atoms with E-state index in [4.69, 9.17) is 0 Å². The third-order valence-electron chi connectivity index (χ3n) is 3.23. The van der Waals surface area contributed by atoms with Gasteiger partial charge in [0.1, 0.15) is 0 Å². The Morgan fingerprint density at radius 1 is 1.36 bits per heavy atom. The van der Waals surface area contributed by atoms with Crippen LogP contribution in [-0.4, -0.2) is 5.91 Å². The lowest BCUT2D eigenvalue weighted by atomic mass is 9.73. The van der Waals surface area contributed by atoms with Crippen molar-refractivity contribution in [2.45, 2.75) is 19.3 Å². The van der Waals surface area contributed by atoms with Gasteiger partial charge < -0.3 is 5.32 Å². The molecule has 0 saturated heterocycles. The van der Waals surface area contributed by atoms with Crippen LogP contribution in [0.4, 0.5) is 0 Å². The minimum Gasteiger partial charge on any atom is -0.325 e. The van der Waals surface area contributed by atoms with Gasteiger partial charge in [-0.3, -0.25) is 4.79 Å². The fourth-order valence-electron chi connectivity index (χ4n) is 2.24. The third-order valence-corrected chi connectivity index (χ3v) is 3.23. The van der Waals surface area contributed by atoms with Crippen LogP contribution in [0.5, 0.6) is 0 Å². The number of hydrogen-bond donors (Lipinski definition) is 1. The molecule has 2 aliphatic rings. The average molecular weight is 191 g/mol. The standard InChI is InChI=1S/C12H15NO.H2/c1-3-9-10(4-2)13-12(14)11(9)8-6-5-7-8;/h3-4,8,11H,1-2,5-7H2,(H,13,14);1H. The molecule has 1 atom stereocenters. The smallest absolute Gasteiger partial charge is 0.232 e. The van der Waals surface area contributed by atoms with E-state index in [1.807, 2.05) is 0 Å². The van der Waals surface area contributed by atoms with Crippen molar-refractivity contribution in [1.82, 2.24) is 5.32 Å². The van der Waals surface area contributed by atoms with E-state index in [2.05, 4.69) is 18.5 Å². The highest BCUT2D eigenvalue weighted by atomic mass is 16.2. The van der Waals surface area contributed by atoms with E-state index in [1.54, 1.807) is 12.2 Å². The van der Waals surface area contributed by atoms with Crippen LogP contribution in [0.2, 0.25) is 0 Å². The van der Waals surface area contributed by atoms with Crippen molar-refractivity contribution < 1.29 is 6.22 Å². The largest absolute Gasteiger partial charge is 0.325 e. The van der Waals surface area contributed by atoms with Gasteiger partial charge in [0.05, 0.1) is 5.92 Å². The molecule has 2 nitrogen and oxygen atoms in total. The molecule has 1 fully saturated rings. The van der Waals surface area contributed by atoms with Gasteiger partial charge in [-0.05, 0) is 30.4 Å². The van der Waals surface area contributed by atoms with Gasteiger partial charge in [0.15, 0.2) is 0 Å². The molecule has 2 rings (SSSR count). The van der Waals surface area contributed by atoms with Gasteiger partial charge in [0.25, 0.3) is 0 Å². The first-order chi connectivity index (χ1) is 6.77. The second-order valence-electron chi connectivity index (χ2n) is 3.94. The summed E-state index contributed by atoms with van der Waals surface area (Å²) in [5, 5.41) is 2.86. The Bertz CT molecular complexity index is 329. The first kappa shape index (κ1) is 9.25. The molecule has 0 aromatic rings. The maximum absolute atomic E-state index is 11.7. The molecule has 2 heteroatoms. The molecule has 0 bridgehead atoms. The van der Waals surface area contributed by atoms with Gasteiger partial charge in [0, 0.05) is 7.12 Å². The number of carbonyl (C=O) groups excluding carboxylic acids is 1. The fraction of sp³-hybridized carbons (Fsp3) is 0.417. The van der Waals surface area contributed by atoms with Crippen molar-refractivity contribution in [1.29, 1.82) is 0 Å². The Labute approximate surface area is 85.9 Å². The van der Waals surface area contributed by atoms with Crippen LogP contribution >= 0.6 is 0 Å². The molecule has 1 aliphatic heterocycles. The molecule has 76 valence electrons. The lowest BCUT2D eigenvalue weighted by Crippen LogP contribution is -2.31. The van der Waals surface area contributed by atoms with Gasteiger partial charge in [-0.2, -0.15) is 0 Å². The van der Waals surface area contributed by atoms with Crippen LogP contribution in [0.15, 0.2) is 36.6 Å². The summed E-state index contributed by atoms with van der Waals surface area (Å²) >= 11 is 0. The van der Waals surface area contributed by atoms with Crippen molar-refractivity contribution in [2.24, 2.45) is 11.8 Å². The van der Waals surface area contributed by atoms with Crippen molar-refractivity contribution in [3.05, 3.63) is 36.6 Å². The molecule has 1 saturated carbocycles. The second-order valence-corrected chi connectivity index (χ2v) is 3.94. The van der Waals surface area contributed by atoms with Crippen LogP contribution in [0.25, 0.3) is 0 Å². The quantitative estimate of drug-likeness (QED) is 0.729. The van der Waals surface area contributed by atoms with Crippen LogP contribution in [0, 0.1) is 11.8 Å². The zero-order valence-corrected chi connectivity index (χ0v) is 8.25. The van der Waals surface area contributed by atoms with Gasteiger partial charge in [-0.1, -0.05) is 25.7 Å². The van der Waals surface area contributed by atoms with E-state index in [-0.39, 0.29) is 13.3 Å². The van der Waals surface area contributed by atoms with Crippen LogP contribution in [0.1, 0.15) is 20.7 Å². The normalized spacial score (nSPS) is 27.1. The Hall–Kier alpha value is -1.31. The summed E-state index contributed by atoms with van der Waals surface area (Å²) in [4.78, 5) is 11.7. The molecular weight excluding hydrogens is 174 g/mol. The monoisotopic (exact) mass is 191 g/mol. The van der Waals surface area contributed by atoms with E-state index in [0.717, 1.165) is 11.3 Å². The molecular formula is C12H17NO. The molecule has 0 aromatic carbocycles. The van der Waals surface area contributed by atoms with Crippen molar-refractivity contribution >= 4 is 5.91 Å². The molecule has 1 heterocycles. The Kier molecular flexibility index (Phi) is 2.28. The van der Waals surface area contributed by atoms with Crippen LogP contribution in [-0.2, 0) is 4.79 Å². The predicted octanol–water partition coefficient (Wildman–Crippen LogP) is 2.40. The number of nitrogens with one attached hydrogen (secondary N) is 1. The minimum atomic E-state index is 0. The van der Waals surface area contributed by atoms with Gasteiger partial charge in [-0.15, -0.1) is 0 Å². The molecule has 1 aliphatic carbocycles. The zero-order chi connectivity index (χ0) is 10.1. The van der Waals surface area contributed by atoms with Crippen LogP contribution in [0.3, 0.4) is 0 Å². The third kappa shape index (κ3) is 1.22. The molecule has 0 spiro atoms. The van der Waals surface area contributed by atoms with E-state index >= 15 is 0 Å². The molecule has 1 unspecified atom stereocenters. The highest BCUT2D eigenvalue weighted by Gasteiger charge is 2.39. The lowest BCUT2D eigenvalue weighted by Gasteiger charge is -2.30. The molecule has 0 aromatic heterocycles. The number of amides is 1. The van der Waals surface area contributed by atoms with E-state index in [0.29, 0.717) is 5.92 Å². The van der Waals surface area contributed by atoms with Crippen molar-refractivity contribution in [3.8, 4) is 0 Å². The summed E-state index contributed by atoms with van der Waals surface area (Å²) in [6, 6.07) is 0. The Morgan fingerprint density at radius 2 is 2.07 bits per heavy atom. The van der Waals surface area contributed by atoms with Crippen molar-refractivity contribution in [2.75, 3.05) is 0 Å². The lowest BCUT2D eigenvalue weighted by molar-refractivity contribution is -0.124. The highest BCUT2D eigenvalue weighted by molar-refractivity contribution is 5.89. The van der Waals surface area contributed by atoms with Crippen molar-refractivity contribution in [3.63, 3.8) is 0 Å². The molecule has 14 heavy (non-hydrogen) atoms. The molecule has 1 amide bonds. The SMILES string of the molecule is C=CC1=C(C=C)C(C2CCC2)C(=O)N1.[HH]. The summed E-state index contributed by atoms with van der Waals surface area (Å²) in [6.07, 6.45) is 7.08. The number of carbonyl (C=O) groups is 1. The maximum atomic E-state index is 11.7. The summed E-state index contributed by atoms with van der Waals surface area (Å²) < 4.78 is 0. The first-order valence-corrected chi connectivity index (χ1v) is 5.08. The molecule has 1 N–H and O–H groups in total. The average Bonchev–Trinajstić information content (AvgIpc) is 2.41. The minimum absolute atomic E-state index is 0. The van der Waals surface area contributed by atoms with Gasteiger partial charge >= 0.3 is 0 Å². The summed E-state index contributed by atoms with van der Waals surface area (Å²) in [6.45, 7) is 7.46. The summed E-state index contributed by atoms with van der Waals surface area (Å²) in [5.41, 5.74) is 1.89. The fourth-order valence-corrected chi connectivity index (χ4v) is 2.24. The van der Waals surface area contributed by atoms with E-state index < -0.39 is 0 Å². The van der Waals surface area contributed by atoms with Crippen LogP contribution < -0.4 is 5.32 Å². The second kappa shape index (κ2) is 3.45. The number of hydrogen-bond acceptors (Lipinski definition) is 1. The van der Waals surface area contributed by atoms with Gasteiger partial charge in [0.2, 0.25) is 5.91 Å². The van der Waals surface area contributed by atoms with Gasteiger partial charge in [-0.25, -0.2) is 0 Å². The Balaban J connectivity index is 0.00000112. The first-order valence-electron chi connectivity index (χ1n) is 5.08. The van der Waals surface area contributed by atoms with E-state index in [9.17, 15) is 4.79 Å². The number of rotatable bonds is 3. The summed E-state index contributed by atoms with van der Waals surface area (Å²) in [7, 11) is 0. The maximum Gasteiger partial charge on any atom is 0.232 e. The highest BCUT2D eigenvalue weighted by Crippen LogP contribution is 2.40. The Morgan fingerprint density at radius 3 is 2.50 bits per heavy atom. The predicted molar refractivity (Wildman–Crippen MR) is 58.5 cm³/mol. The topological polar surface area (TPSA) is 29.1 Å². The van der Waals surface area contributed by atoms with E-state index in [1.165, 1.54) is 19.3 Å². The number of allylic oxidation sites excluding steroid dienone is 2. The summed E-state index contributed by atoms with van der Waals surface area (Å²) in [5.74, 6) is 0.689.